The largest absolute Gasteiger partial charge is 0.312 e. The van der Waals surface area contributed by atoms with Crippen LogP contribution in [-0.2, 0) is 0 Å². The van der Waals surface area contributed by atoms with Gasteiger partial charge < -0.3 is 5.32 Å². The van der Waals surface area contributed by atoms with E-state index in [2.05, 4.69) is 31.0 Å². The minimum Gasteiger partial charge on any atom is -0.312 e. The van der Waals surface area contributed by atoms with E-state index in [0.717, 1.165) is 5.92 Å². The van der Waals surface area contributed by atoms with E-state index in [1.165, 1.54) is 83.8 Å². The molecule has 1 aliphatic carbocycles. The zero-order valence-electron chi connectivity index (χ0n) is 14.8. The lowest BCUT2D eigenvalue weighted by molar-refractivity contribution is 0.0529. The molecule has 2 nitrogen and oxygen atoms in total. The van der Waals surface area contributed by atoms with Crippen LogP contribution in [0.3, 0.4) is 0 Å². The van der Waals surface area contributed by atoms with Crippen LogP contribution in [0.1, 0.15) is 85.0 Å². The second-order valence-corrected chi connectivity index (χ2v) is 7.59. The Morgan fingerprint density at radius 2 is 1.62 bits per heavy atom. The molecule has 2 aliphatic rings. The van der Waals surface area contributed by atoms with Gasteiger partial charge in [-0.25, -0.2) is 0 Å². The van der Waals surface area contributed by atoms with Gasteiger partial charge in [-0.15, -0.1) is 0 Å². The van der Waals surface area contributed by atoms with Crippen LogP contribution in [0.15, 0.2) is 0 Å². The van der Waals surface area contributed by atoms with Gasteiger partial charge in [-0.05, 0) is 71.0 Å². The number of hydrogen-bond donors (Lipinski definition) is 1. The van der Waals surface area contributed by atoms with Gasteiger partial charge in [-0.1, -0.05) is 39.5 Å². The van der Waals surface area contributed by atoms with Crippen molar-refractivity contribution in [3.63, 3.8) is 0 Å². The van der Waals surface area contributed by atoms with E-state index in [9.17, 15) is 0 Å². The molecule has 0 amide bonds. The zero-order chi connectivity index (χ0) is 15.1. The minimum atomic E-state index is 0.362. The standard InChI is InChI=1S/C19H38N2/c1-4-14-20-18(17-12-8-6-7-9-13-17)19(3,5-2)21-15-10-11-16-21/h17-18,20H,4-16H2,1-3H3. The summed E-state index contributed by atoms with van der Waals surface area (Å²) in [7, 11) is 0. The highest BCUT2D eigenvalue weighted by Gasteiger charge is 2.42. The molecule has 2 unspecified atom stereocenters. The monoisotopic (exact) mass is 294 g/mol. The van der Waals surface area contributed by atoms with Gasteiger partial charge in [0.15, 0.2) is 0 Å². The molecule has 2 rings (SSSR count). The van der Waals surface area contributed by atoms with Gasteiger partial charge in [0.1, 0.15) is 0 Å². The first-order valence-electron chi connectivity index (χ1n) is 9.70. The van der Waals surface area contributed by atoms with Crippen LogP contribution in [0.2, 0.25) is 0 Å². The van der Waals surface area contributed by atoms with Gasteiger partial charge in [0.05, 0.1) is 0 Å². The summed E-state index contributed by atoms with van der Waals surface area (Å²) in [5, 5.41) is 3.99. The Morgan fingerprint density at radius 3 is 2.14 bits per heavy atom. The van der Waals surface area contributed by atoms with Gasteiger partial charge in [-0.2, -0.15) is 0 Å². The molecule has 1 heterocycles. The van der Waals surface area contributed by atoms with Crippen molar-refractivity contribution in [3.05, 3.63) is 0 Å². The molecular formula is C19H38N2. The van der Waals surface area contributed by atoms with Gasteiger partial charge in [0.2, 0.25) is 0 Å². The Bertz CT molecular complexity index is 277. The molecule has 0 spiro atoms. The SMILES string of the molecule is CCCNC(C1CCCCCC1)C(C)(CC)N1CCCC1. The van der Waals surface area contributed by atoms with Gasteiger partial charge >= 0.3 is 0 Å². The summed E-state index contributed by atoms with van der Waals surface area (Å²) in [6.45, 7) is 11.1. The summed E-state index contributed by atoms with van der Waals surface area (Å²) in [5.41, 5.74) is 0.362. The van der Waals surface area contributed by atoms with E-state index in [0.29, 0.717) is 11.6 Å². The smallest absolute Gasteiger partial charge is 0.0334 e. The highest BCUT2D eigenvalue weighted by Crippen LogP contribution is 2.36. The van der Waals surface area contributed by atoms with E-state index in [1.807, 2.05) is 0 Å². The fraction of sp³-hybridized carbons (Fsp3) is 1.00. The summed E-state index contributed by atoms with van der Waals surface area (Å²) in [6, 6.07) is 0.693. The number of hydrogen-bond acceptors (Lipinski definition) is 2. The van der Waals surface area contributed by atoms with Crippen molar-refractivity contribution >= 4 is 0 Å². The van der Waals surface area contributed by atoms with Crippen LogP contribution in [0, 0.1) is 5.92 Å². The first-order valence-corrected chi connectivity index (χ1v) is 9.70. The Hall–Kier alpha value is -0.0800. The molecule has 124 valence electrons. The Kier molecular flexibility index (Phi) is 7.01. The van der Waals surface area contributed by atoms with Crippen molar-refractivity contribution < 1.29 is 0 Å². The highest BCUT2D eigenvalue weighted by atomic mass is 15.2. The van der Waals surface area contributed by atoms with Crippen molar-refractivity contribution in [2.75, 3.05) is 19.6 Å². The van der Waals surface area contributed by atoms with Gasteiger partial charge in [-0.3, -0.25) is 4.90 Å². The summed E-state index contributed by atoms with van der Waals surface area (Å²) in [6.07, 6.45) is 14.1. The highest BCUT2D eigenvalue weighted by molar-refractivity contribution is 5.01. The normalized spacial score (nSPS) is 26.4. The first-order chi connectivity index (χ1) is 10.2. The Morgan fingerprint density at radius 1 is 1.00 bits per heavy atom. The van der Waals surface area contributed by atoms with E-state index < -0.39 is 0 Å². The lowest BCUT2D eigenvalue weighted by Gasteiger charge is -2.48. The average Bonchev–Trinajstić information content (AvgIpc) is 2.92. The van der Waals surface area contributed by atoms with E-state index in [-0.39, 0.29) is 0 Å². The molecule has 21 heavy (non-hydrogen) atoms. The lowest BCUT2D eigenvalue weighted by Crippen LogP contribution is -2.61. The topological polar surface area (TPSA) is 15.3 Å². The summed E-state index contributed by atoms with van der Waals surface area (Å²) >= 11 is 0. The van der Waals surface area contributed by atoms with Crippen LogP contribution in [0.4, 0.5) is 0 Å². The van der Waals surface area contributed by atoms with Crippen LogP contribution in [0.25, 0.3) is 0 Å². The lowest BCUT2D eigenvalue weighted by atomic mass is 9.76. The summed E-state index contributed by atoms with van der Waals surface area (Å²) in [5.74, 6) is 0.893. The van der Waals surface area contributed by atoms with Crippen molar-refractivity contribution in [2.45, 2.75) is 96.6 Å². The summed E-state index contributed by atoms with van der Waals surface area (Å²) < 4.78 is 0. The van der Waals surface area contributed by atoms with Crippen molar-refractivity contribution in [3.8, 4) is 0 Å². The Labute approximate surface area is 133 Å². The first kappa shape index (κ1) is 17.3. The number of nitrogens with zero attached hydrogens (tertiary/aromatic N) is 1. The molecule has 0 aromatic rings. The van der Waals surface area contributed by atoms with E-state index >= 15 is 0 Å². The zero-order valence-corrected chi connectivity index (χ0v) is 14.8. The summed E-state index contributed by atoms with van der Waals surface area (Å²) in [4.78, 5) is 2.81. The third-order valence-electron chi connectivity index (χ3n) is 6.20. The molecule has 0 radical (unpaired) electrons. The van der Waals surface area contributed by atoms with Crippen LogP contribution >= 0.6 is 0 Å². The predicted molar refractivity (Wildman–Crippen MR) is 92.8 cm³/mol. The average molecular weight is 295 g/mol. The molecule has 1 saturated heterocycles. The maximum atomic E-state index is 3.99. The molecule has 2 fully saturated rings. The van der Waals surface area contributed by atoms with Crippen LogP contribution in [-0.4, -0.2) is 36.1 Å². The molecule has 1 saturated carbocycles. The molecule has 0 aromatic carbocycles. The molecular weight excluding hydrogens is 256 g/mol. The fourth-order valence-electron chi connectivity index (χ4n) is 4.71. The van der Waals surface area contributed by atoms with Gasteiger partial charge in [0, 0.05) is 11.6 Å². The van der Waals surface area contributed by atoms with Crippen molar-refractivity contribution in [1.82, 2.24) is 10.2 Å². The molecule has 0 bridgehead atoms. The van der Waals surface area contributed by atoms with E-state index in [4.69, 9.17) is 0 Å². The number of likely N-dealkylation sites (tertiary alicyclic amines) is 1. The molecule has 1 aliphatic heterocycles. The number of rotatable bonds is 7. The molecule has 1 N–H and O–H groups in total. The third kappa shape index (κ3) is 4.22. The maximum Gasteiger partial charge on any atom is 0.0334 e. The Balaban J connectivity index is 2.14. The van der Waals surface area contributed by atoms with E-state index in [1.54, 1.807) is 0 Å². The second-order valence-electron chi connectivity index (χ2n) is 7.59. The minimum absolute atomic E-state index is 0.362. The number of nitrogens with one attached hydrogen (secondary N) is 1. The molecule has 2 heteroatoms. The van der Waals surface area contributed by atoms with Crippen LogP contribution < -0.4 is 5.32 Å². The quantitative estimate of drug-likeness (QED) is 0.691. The fourth-order valence-corrected chi connectivity index (χ4v) is 4.71. The molecule has 0 aromatic heterocycles. The maximum absolute atomic E-state index is 3.99. The molecule has 2 atom stereocenters. The van der Waals surface area contributed by atoms with Gasteiger partial charge in [0.25, 0.3) is 0 Å². The van der Waals surface area contributed by atoms with Crippen molar-refractivity contribution in [2.24, 2.45) is 5.92 Å². The predicted octanol–water partition coefficient (Wildman–Crippen LogP) is 4.59. The van der Waals surface area contributed by atoms with Crippen LogP contribution in [0.5, 0.6) is 0 Å². The second kappa shape index (κ2) is 8.53. The third-order valence-corrected chi connectivity index (χ3v) is 6.20. The van der Waals surface area contributed by atoms with Crippen molar-refractivity contribution in [1.29, 1.82) is 0 Å².